The van der Waals surface area contributed by atoms with Crippen LogP contribution >= 0.6 is 45.9 Å². The third-order valence-electron chi connectivity index (χ3n) is 4.62. The van der Waals surface area contributed by atoms with E-state index < -0.39 is 0 Å². The molecule has 3 heterocycles. The van der Waals surface area contributed by atoms with Gasteiger partial charge >= 0.3 is 0 Å². The lowest BCUT2D eigenvalue weighted by molar-refractivity contribution is 0.0747. The monoisotopic (exact) mass is 457 g/mol. The van der Waals surface area contributed by atoms with E-state index in [2.05, 4.69) is 4.90 Å². The van der Waals surface area contributed by atoms with Gasteiger partial charge in [0.1, 0.15) is 9.85 Å². The zero-order chi connectivity index (χ0) is 19.8. The molecule has 10 heteroatoms. The van der Waals surface area contributed by atoms with Crippen molar-refractivity contribution < 1.29 is 14.3 Å². The molecule has 1 amide bonds. The lowest BCUT2D eigenvalue weighted by Crippen LogP contribution is -2.48. The molecule has 1 fully saturated rings. The Morgan fingerprint density at radius 1 is 1.11 bits per heavy atom. The molecule has 0 radical (unpaired) electrons. The fourth-order valence-electron chi connectivity index (χ4n) is 3.19. The minimum absolute atomic E-state index is 0.0801. The molecule has 1 aromatic carbocycles. The maximum Gasteiger partial charge on any atom is 0.256 e. The van der Waals surface area contributed by atoms with Gasteiger partial charge in [-0.15, -0.1) is 11.3 Å². The number of carbonyl (C=O) groups excluding carboxylic acids is 1. The largest absolute Gasteiger partial charge is 0.493 e. The average Bonchev–Trinajstić information content (AvgIpc) is 3.29. The van der Waals surface area contributed by atoms with E-state index in [1.807, 2.05) is 12.1 Å². The van der Waals surface area contributed by atoms with Crippen LogP contribution in [0.4, 0.5) is 5.13 Å². The van der Waals surface area contributed by atoms with Crippen LogP contribution in [-0.4, -0.2) is 56.2 Å². The van der Waals surface area contributed by atoms with Crippen molar-refractivity contribution in [2.75, 3.05) is 45.3 Å². The Kier molecular flexibility index (Phi) is 5.55. The molecule has 0 saturated carbocycles. The van der Waals surface area contributed by atoms with Crippen molar-refractivity contribution in [1.82, 2.24) is 9.88 Å². The molecular formula is C18H17Cl2N3O3S2. The number of thiazole rings is 1. The van der Waals surface area contributed by atoms with Crippen molar-refractivity contribution in [2.24, 2.45) is 0 Å². The zero-order valence-electron chi connectivity index (χ0n) is 15.2. The van der Waals surface area contributed by atoms with E-state index in [0.717, 1.165) is 15.3 Å². The van der Waals surface area contributed by atoms with E-state index in [1.165, 1.54) is 11.3 Å². The van der Waals surface area contributed by atoms with E-state index >= 15 is 0 Å². The van der Waals surface area contributed by atoms with Gasteiger partial charge in [0, 0.05) is 26.2 Å². The van der Waals surface area contributed by atoms with Gasteiger partial charge in [-0.1, -0.05) is 34.5 Å². The number of hydrogen-bond acceptors (Lipinski definition) is 7. The molecule has 0 bridgehead atoms. The second-order valence-electron chi connectivity index (χ2n) is 6.16. The molecule has 0 atom stereocenters. The summed E-state index contributed by atoms with van der Waals surface area (Å²) in [6.45, 7) is 2.58. The van der Waals surface area contributed by atoms with Gasteiger partial charge in [-0.25, -0.2) is 4.98 Å². The van der Waals surface area contributed by atoms with E-state index in [9.17, 15) is 4.79 Å². The lowest BCUT2D eigenvalue weighted by atomic mass is 10.2. The highest BCUT2D eigenvalue weighted by atomic mass is 35.5. The van der Waals surface area contributed by atoms with E-state index in [-0.39, 0.29) is 5.91 Å². The highest BCUT2D eigenvalue weighted by Gasteiger charge is 2.26. The first-order valence-electron chi connectivity index (χ1n) is 8.52. The summed E-state index contributed by atoms with van der Waals surface area (Å²) in [7, 11) is 3.22. The number of fused-ring (bicyclic) bond motifs is 1. The summed E-state index contributed by atoms with van der Waals surface area (Å²) in [5.41, 5.74) is 1.27. The molecule has 3 aromatic rings. The summed E-state index contributed by atoms with van der Waals surface area (Å²) in [6, 6.07) is 5.51. The number of benzene rings is 1. The number of piperazine rings is 1. The van der Waals surface area contributed by atoms with Gasteiger partial charge in [-0.3, -0.25) is 4.79 Å². The maximum absolute atomic E-state index is 12.7. The second kappa shape index (κ2) is 7.94. The van der Waals surface area contributed by atoms with E-state index in [4.69, 9.17) is 37.7 Å². The molecule has 2 aromatic heterocycles. The predicted octanol–water partition coefficient (Wildman–Crippen LogP) is 4.64. The predicted molar refractivity (Wildman–Crippen MR) is 115 cm³/mol. The number of carbonyl (C=O) groups is 1. The number of nitrogens with zero attached hydrogens (tertiary/aromatic N) is 3. The lowest BCUT2D eigenvalue weighted by Gasteiger charge is -2.34. The molecule has 4 rings (SSSR count). The van der Waals surface area contributed by atoms with Gasteiger partial charge < -0.3 is 19.3 Å². The molecule has 1 aliphatic rings. The molecule has 148 valence electrons. The van der Waals surface area contributed by atoms with Crippen molar-refractivity contribution in [1.29, 1.82) is 0 Å². The highest BCUT2D eigenvalue weighted by Crippen LogP contribution is 2.40. The van der Waals surface area contributed by atoms with Crippen LogP contribution in [0.2, 0.25) is 8.67 Å². The number of methoxy groups -OCH3 is 2. The number of amides is 1. The molecule has 0 unspecified atom stereocenters. The van der Waals surface area contributed by atoms with Gasteiger partial charge in [0.15, 0.2) is 16.6 Å². The van der Waals surface area contributed by atoms with E-state index in [1.54, 1.807) is 36.5 Å². The number of thiophene rings is 1. The number of anilines is 1. The van der Waals surface area contributed by atoms with Crippen molar-refractivity contribution >= 4 is 67.1 Å². The standard InChI is InChI=1S/C18H17Cl2N3O3S2/c1-25-11-3-4-12-14(15(11)26-2)21-18(27-12)23-7-5-22(6-8-23)17(24)10-9-13(19)28-16(10)20/h3-4,9H,5-8H2,1-2H3. The molecule has 1 aliphatic heterocycles. The third-order valence-corrected chi connectivity index (χ3v) is 7.18. The number of aromatic nitrogens is 1. The Morgan fingerprint density at radius 2 is 1.86 bits per heavy atom. The Hall–Kier alpha value is -1.74. The van der Waals surface area contributed by atoms with Crippen molar-refractivity contribution in [2.45, 2.75) is 0 Å². The summed E-state index contributed by atoms with van der Waals surface area (Å²) in [5.74, 6) is 1.22. The Labute approximate surface area is 180 Å². The molecular weight excluding hydrogens is 441 g/mol. The van der Waals surface area contributed by atoms with Crippen molar-refractivity contribution in [3.05, 3.63) is 32.4 Å². The SMILES string of the molecule is COc1ccc2sc(N3CCN(C(=O)c4cc(Cl)sc4Cl)CC3)nc2c1OC. The molecule has 0 spiro atoms. The smallest absolute Gasteiger partial charge is 0.256 e. The summed E-state index contributed by atoms with van der Waals surface area (Å²) < 4.78 is 12.8. The minimum atomic E-state index is -0.0801. The number of hydrogen-bond donors (Lipinski definition) is 0. The van der Waals surface area contributed by atoms with Crippen LogP contribution in [0.3, 0.4) is 0 Å². The van der Waals surface area contributed by atoms with Gasteiger partial charge in [-0.2, -0.15) is 0 Å². The molecule has 6 nitrogen and oxygen atoms in total. The molecule has 1 saturated heterocycles. The summed E-state index contributed by atoms with van der Waals surface area (Å²) in [6.07, 6.45) is 0. The number of halogens is 2. The zero-order valence-corrected chi connectivity index (χ0v) is 18.3. The number of rotatable bonds is 4. The number of ether oxygens (including phenoxy) is 2. The van der Waals surface area contributed by atoms with Crippen molar-refractivity contribution in [3.8, 4) is 11.5 Å². The van der Waals surface area contributed by atoms with Crippen LogP contribution < -0.4 is 14.4 Å². The quantitative estimate of drug-likeness (QED) is 0.570. The fourth-order valence-corrected chi connectivity index (χ4v) is 5.65. The average molecular weight is 458 g/mol. The Morgan fingerprint density at radius 3 is 2.46 bits per heavy atom. The third kappa shape index (κ3) is 3.50. The fraction of sp³-hybridized carbons (Fsp3) is 0.333. The summed E-state index contributed by atoms with van der Waals surface area (Å²) >= 11 is 14.9. The Balaban J connectivity index is 1.51. The van der Waals surface area contributed by atoms with Crippen LogP contribution in [0.5, 0.6) is 11.5 Å². The van der Waals surface area contributed by atoms with E-state index in [0.29, 0.717) is 51.9 Å². The highest BCUT2D eigenvalue weighted by molar-refractivity contribution is 7.22. The first kappa shape index (κ1) is 19.6. The van der Waals surface area contributed by atoms with Crippen LogP contribution in [0.25, 0.3) is 10.2 Å². The maximum atomic E-state index is 12.7. The molecule has 0 N–H and O–H groups in total. The van der Waals surface area contributed by atoms with Crippen LogP contribution in [-0.2, 0) is 0 Å². The first-order chi connectivity index (χ1) is 13.5. The first-order valence-corrected chi connectivity index (χ1v) is 10.9. The Bertz CT molecular complexity index is 1030. The van der Waals surface area contributed by atoms with Crippen LogP contribution in [0.15, 0.2) is 18.2 Å². The van der Waals surface area contributed by atoms with Crippen LogP contribution in [0.1, 0.15) is 10.4 Å². The topological polar surface area (TPSA) is 54.9 Å². The van der Waals surface area contributed by atoms with Crippen molar-refractivity contribution in [3.63, 3.8) is 0 Å². The minimum Gasteiger partial charge on any atom is -0.493 e. The normalized spacial score (nSPS) is 14.6. The summed E-state index contributed by atoms with van der Waals surface area (Å²) in [5, 5.41) is 0.908. The van der Waals surface area contributed by atoms with Gasteiger partial charge in [-0.05, 0) is 18.2 Å². The van der Waals surface area contributed by atoms with Gasteiger partial charge in [0.05, 0.1) is 28.8 Å². The molecule has 28 heavy (non-hydrogen) atoms. The van der Waals surface area contributed by atoms with Crippen LogP contribution in [0, 0.1) is 0 Å². The summed E-state index contributed by atoms with van der Waals surface area (Å²) in [4.78, 5) is 21.4. The second-order valence-corrected chi connectivity index (χ2v) is 9.46. The van der Waals surface area contributed by atoms with Gasteiger partial charge in [0.25, 0.3) is 5.91 Å². The molecule has 0 aliphatic carbocycles. The van der Waals surface area contributed by atoms with Gasteiger partial charge in [0.2, 0.25) is 0 Å².